The van der Waals surface area contributed by atoms with Crippen molar-refractivity contribution in [2.45, 2.75) is 44.9 Å². The van der Waals surface area contributed by atoms with E-state index in [9.17, 15) is 13.2 Å². The highest BCUT2D eigenvalue weighted by Gasteiger charge is 2.33. The molecule has 0 saturated heterocycles. The zero-order valence-electron chi connectivity index (χ0n) is 11.7. The Morgan fingerprint density at radius 2 is 2.00 bits per heavy atom. The number of esters is 1. The first-order chi connectivity index (χ1) is 8.56. The lowest BCUT2D eigenvalue weighted by Gasteiger charge is -2.31. The van der Waals surface area contributed by atoms with E-state index in [4.69, 9.17) is 20.5 Å². The Bertz CT molecular complexity index is 416. The molecule has 0 fully saturated rings. The second-order valence-corrected chi connectivity index (χ2v) is 7.40. The van der Waals surface area contributed by atoms with Gasteiger partial charge in [0.2, 0.25) is 0 Å². The maximum atomic E-state index is 11.7. The summed E-state index contributed by atoms with van der Waals surface area (Å²) in [6, 6.07) is 0. The van der Waals surface area contributed by atoms with Gasteiger partial charge < -0.3 is 4.74 Å². The van der Waals surface area contributed by atoms with E-state index in [1.54, 1.807) is 20.8 Å². The monoisotopic (exact) mass is 312 g/mol. The van der Waals surface area contributed by atoms with Crippen LogP contribution in [-0.2, 0) is 23.8 Å². The van der Waals surface area contributed by atoms with Gasteiger partial charge in [0, 0.05) is 12.3 Å². The third kappa shape index (κ3) is 5.93. The molecule has 19 heavy (non-hydrogen) atoms. The van der Waals surface area contributed by atoms with E-state index < -0.39 is 32.3 Å². The lowest BCUT2D eigenvalue weighted by Crippen LogP contribution is -2.37. The molecule has 5 nitrogen and oxygen atoms in total. The number of carbonyl (C=O) groups excluding carboxylic acids is 1. The van der Waals surface area contributed by atoms with Gasteiger partial charge >= 0.3 is 5.97 Å². The topological polar surface area (TPSA) is 69.7 Å². The van der Waals surface area contributed by atoms with Crippen molar-refractivity contribution in [1.82, 2.24) is 0 Å². The molecule has 0 aromatic carbocycles. The van der Waals surface area contributed by atoms with Crippen LogP contribution in [0.15, 0.2) is 12.7 Å². The van der Waals surface area contributed by atoms with Crippen molar-refractivity contribution < 1.29 is 22.1 Å². The Kier molecular flexibility index (Phi) is 7.04. The summed E-state index contributed by atoms with van der Waals surface area (Å²) in [6.07, 6.45) is 1.05. The van der Waals surface area contributed by atoms with E-state index in [1.807, 2.05) is 0 Å². The Hall–Kier alpha value is -0.590. The van der Waals surface area contributed by atoms with Crippen LogP contribution in [0.4, 0.5) is 0 Å². The minimum atomic E-state index is -3.82. The molecule has 112 valence electrons. The summed E-state index contributed by atoms with van der Waals surface area (Å²) >= 11 is 5.67. The summed E-state index contributed by atoms with van der Waals surface area (Å²) in [6.45, 7) is 9.77. The molecule has 0 bridgehead atoms. The van der Waals surface area contributed by atoms with Crippen LogP contribution in [0.25, 0.3) is 0 Å². The van der Waals surface area contributed by atoms with Crippen LogP contribution < -0.4 is 0 Å². The van der Waals surface area contributed by atoms with E-state index in [0.29, 0.717) is 0 Å². The van der Waals surface area contributed by atoms with Gasteiger partial charge in [0.05, 0.1) is 6.61 Å². The Morgan fingerprint density at radius 1 is 1.47 bits per heavy atom. The molecule has 2 atom stereocenters. The van der Waals surface area contributed by atoms with Crippen LogP contribution in [0.3, 0.4) is 0 Å². The Balaban J connectivity index is 4.77. The smallest absolute Gasteiger partial charge is 0.303 e. The van der Waals surface area contributed by atoms with Gasteiger partial charge in [-0.1, -0.05) is 33.4 Å². The minimum Gasteiger partial charge on any atom is -0.458 e. The molecule has 0 rings (SSSR count). The van der Waals surface area contributed by atoms with Crippen LogP contribution in [0.2, 0.25) is 0 Å². The summed E-state index contributed by atoms with van der Waals surface area (Å²) in [7, 11) is -3.82. The second-order valence-electron chi connectivity index (χ2n) is 4.83. The predicted octanol–water partition coefficient (Wildman–Crippen LogP) is 2.45. The summed E-state index contributed by atoms with van der Waals surface area (Å²) in [5, 5.41) is 0. The van der Waals surface area contributed by atoms with Gasteiger partial charge in [-0.15, -0.1) is 11.6 Å². The fourth-order valence-corrected chi connectivity index (χ4v) is 2.48. The Labute approximate surface area is 120 Å². The van der Waals surface area contributed by atoms with Gasteiger partial charge in [-0.3, -0.25) is 8.98 Å². The number of hydrogen-bond donors (Lipinski definition) is 0. The average molecular weight is 313 g/mol. The molecule has 0 N–H and O–H groups in total. The molecule has 1 unspecified atom stereocenters. The van der Waals surface area contributed by atoms with E-state index in [-0.39, 0.29) is 13.0 Å². The molecular formula is C12H21ClO5S. The molecule has 0 amide bonds. The SMILES string of the molecule is C=C[C@H](OC(C)=O)C(C)(C)COS(=O)(=O)C(Cl)CC. The van der Waals surface area contributed by atoms with Gasteiger partial charge in [-0.05, 0) is 6.42 Å². The van der Waals surface area contributed by atoms with Crippen LogP contribution in [0, 0.1) is 5.41 Å². The quantitative estimate of drug-likeness (QED) is 0.298. The highest BCUT2D eigenvalue weighted by Crippen LogP contribution is 2.27. The zero-order chi connectivity index (χ0) is 15.3. The van der Waals surface area contributed by atoms with E-state index >= 15 is 0 Å². The highest BCUT2D eigenvalue weighted by atomic mass is 35.5. The molecule has 0 saturated carbocycles. The number of alkyl halides is 1. The standard InChI is InChI=1S/C12H21ClO5S/c1-6-10(18-9(3)14)12(4,5)8-17-19(15,16)11(13)7-2/h6,10-11H,1,7-8H2,2-5H3/t10-,11?/m0/s1. The van der Waals surface area contributed by atoms with Gasteiger partial charge in [-0.2, -0.15) is 8.42 Å². The van der Waals surface area contributed by atoms with Crippen molar-refractivity contribution in [2.75, 3.05) is 6.61 Å². The molecule has 0 aliphatic heterocycles. The number of hydrogen-bond acceptors (Lipinski definition) is 5. The number of carbonyl (C=O) groups is 1. The van der Waals surface area contributed by atoms with Crippen molar-refractivity contribution in [3.8, 4) is 0 Å². The third-order valence-corrected chi connectivity index (χ3v) is 4.88. The molecule has 0 aliphatic rings. The fraction of sp³-hybridized carbons (Fsp3) is 0.750. The van der Waals surface area contributed by atoms with Crippen molar-refractivity contribution in [3.05, 3.63) is 12.7 Å². The van der Waals surface area contributed by atoms with Crippen molar-refractivity contribution >= 4 is 27.7 Å². The maximum Gasteiger partial charge on any atom is 0.303 e. The largest absolute Gasteiger partial charge is 0.458 e. The third-order valence-electron chi connectivity index (χ3n) is 2.51. The van der Waals surface area contributed by atoms with Gasteiger partial charge in [0.1, 0.15) is 6.10 Å². The molecule has 0 aromatic heterocycles. The molecular weight excluding hydrogens is 292 g/mol. The van der Waals surface area contributed by atoms with Gasteiger partial charge in [0.15, 0.2) is 4.71 Å². The van der Waals surface area contributed by atoms with E-state index in [1.165, 1.54) is 13.0 Å². The van der Waals surface area contributed by atoms with Gasteiger partial charge in [-0.25, -0.2) is 0 Å². The van der Waals surface area contributed by atoms with Crippen LogP contribution in [0.5, 0.6) is 0 Å². The number of ether oxygens (including phenoxy) is 1. The van der Waals surface area contributed by atoms with E-state index in [0.717, 1.165) is 0 Å². The van der Waals surface area contributed by atoms with Crippen molar-refractivity contribution in [2.24, 2.45) is 5.41 Å². The van der Waals surface area contributed by atoms with Crippen LogP contribution in [0.1, 0.15) is 34.1 Å². The summed E-state index contributed by atoms with van der Waals surface area (Å²) in [5.41, 5.74) is -0.731. The van der Waals surface area contributed by atoms with Crippen molar-refractivity contribution in [1.29, 1.82) is 0 Å². The summed E-state index contributed by atoms with van der Waals surface area (Å²) in [5.74, 6) is -0.468. The fourth-order valence-electron chi connectivity index (χ4n) is 1.30. The summed E-state index contributed by atoms with van der Waals surface area (Å²) in [4.78, 5) is 11.0. The second kappa shape index (κ2) is 7.26. The first-order valence-corrected chi connectivity index (χ1v) is 7.79. The molecule has 0 aromatic rings. The lowest BCUT2D eigenvalue weighted by atomic mass is 9.87. The predicted molar refractivity (Wildman–Crippen MR) is 74.3 cm³/mol. The molecule has 0 heterocycles. The molecule has 0 aliphatic carbocycles. The lowest BCUT2D eigenvalue weighted by molar-refractivity contribution is -0.149. The maximum absolute atomic E-state index is 11.7. The van der Waals surface area contributed by atoms with Crippen molar-refractivity contribution in [3.63, 3.8) is 0 Å². The minimum absolute atomic E-state index is 0.150. The Morgan fingerprint density at radius 3 is 2.37 bits per heavy atom. The van der Waals surface area contributed by atoms with Gasteiger partial charge in [0.25, 0.3) is 10.1 Å². The first kappa shape index (κ1) is 18.4. The highest BCUT2D eigenvalue weighted by molar-refractivity contribution is 7.88. The normalized spacial score (nSPS) is 15.6. The first-order valence-electron chi connectivity index (χ1n) is 5.89. The molecule has 0 spiro atoms. The number of rotatable bonds is 8. The average Bonchev–Trinajstić information content (AvgIpc) is 2.32. The van der Waals surface area contributed by atoms with E-state index in [2.05, 4.69) is 6.58 Å². The van der Waals surface area contributed by atoms with Crippen LogP contribution >= 0.6 is 11.6 Å². The number of halogens is 1. The van der Waals surface area contributed by atoms with Crippen LogP contribution in [-0.4, -0.2) is 31.8 Å². The molecule has 7 heteroatoms. The molecule has 0 radical (unpaired) electrons. The zero-order valence-corrected chi connectivity index (χ0v) is 13.3. The summed E-state index contributed by atoms with van der Waals surface area (Å²) < 4.78 is 32.2.